The number of rotatable bonds is 5. The predicted octanol–water partition coefficient (Wildman–Crippen LogP) is 2.14. The molecule has 0 aliphatic rings. The molecule has 0 atom stereocenters. The fraction of sp³-hybridized carbons (Fsp3) is 0.188. The number of phenolic OH excluding ortho intramolecular Hbond substituents is 2. The highest BCUT2D eigenvalue weighted by atomic mass is 19.1. The number of hydrogen-bond donors (Lipinski definition) is 3. The molecule has 0 unspecified atom stereocenters. The number of phenols is 2. The molecule has 0 saturated heterocycles. The monoisotopic (exact) mass is 289 g/mol. The molecule has 3 N–H and O–H groups in total. The van der Waals surface area contributed by atoms with Gasteiger partial charge in [-0.05, 0) is 41.8 Å². The number of carbonyl (C=O) groups is 1. The van der Waals surface area contributed by atoms with Crippen LogP contribution in [0.3, 0.4) is 0 Å². The van der Waals surface area contributed by atoms with Gasteiger partial charge in [-0.3, -0.25) is 4.79 Å². The molecule has 4 nitrogen and oxygen atoms in total. The van der Waals surface area contributed by atoms with Gasteiger partial charge in [0.1, 0.15) is 5.82 Å². The summed E-state index contributed by atoms with van der Waals surface area (Å²) in [7, 11) is 0. The Balaban J connectivity index is 1.78. The van der Waals surface area contributed by atoms with Crippen molar-refractivity contribution in [2.75, 3.05) is 6.54 Å². The van der Waals surface area contributed by atoms with E-state index in [1.165, 1.54) is 24.3 Å². The van der Waals surface area contributed by atoms with E-state index in [2.05, 4.69) is 5.32 Å². The minimum absolute atomic E-state index is 0.149. The van der Waals surface area contributed by atoms with Crippen molar-refractivity contribution >= 4 is 5.91 Å². The zero-order valence-corrected chi connectivity index (χ0v) is 11.3. The van der Waals surface area contributed by atoms with Crippen LogP contribution >= 0.6 is 0 Å². The first-order valence-corrected chi connectivity index (χ1v) is 6.56. The minimum Gasteiger partial charge on any atom is -0.504 e. The van der Waals surface area contributed by atoms with Crippen molar-refractivity contribution < 1.29 is 19.4 Å². The molecule has 0 aliphatic carbocycles. The van der Waals surface area contributed by atoms with Crippen LogP contribution in [0.4, 0.5) is 4.39 Å². The number of benzene rings is 2. The van der Waals surface area contributed by atoms with E-state index < -0.39 is 0 Å². The van der Waals surface area contributed by atoms with Gasteiger partial charge in [0, 0.05) is 6.54 Å². The summed E-state index contributed by atoms with van der Waals surface area (Å²) in [5.41, 5.74) is 1.56. The predicted molar refractivity (Wildman–Crippen MR) is 76.6 cm³/mol. The van der Waals surface area contributed by atoms with Crippen LogP contribution in [-0.2, 0) is 17.6 Å². The van der Waals surface area contributed by atoms with E-state index in [4.69, 9.17) is 0 Å². The molecule has 2 rings (SSSR count). The van der Waals surface area contributed by atoms with Gasteiger partial charge in [0.05, 0.1) is 6.42 Å². The van der Waals surface area contributed by atoms with E-state index in [0.717, 1.165) is 11.1 Å². The van der Waals surface area contributed by atoms with Crippen molar-refractivity contribution in [2.45, 2.75) is 12.8 Å². The van der Waals surface area contributed by atoms with Gasteiger partial charge >= 0.3 is 0 Å². The van der Waals surface area contributed by atoms with Crippen LogP contribution in [0.2, 0.25) is 0 Å². The van der Waals surface area contributed by atoms with Crippen LogP contribution in [-0.4, -0.2) is 22.7 Å². The van der Waals surface area contributed by atoms with E-state index in [0.29, 0.717) is 13.0 Å². The lowest BCUT2D eigenvalue weighted by molar-refractivity contribution is -0.120. The Hall–Kier alpha value is -2.56. The standard InChI is InChI=1S/C16H16FNO3/c17-13-4-1-11(2-5-13)10-16(21)18-8-7-12-3-6-14(19)15(20)9-12/h1-6,9,19-20H,7-8,10H2,(H,18,21). The van der Waals surface area contributed by atoms with Crippen molar-refractivity contribution in [3.8, 4) is 11.5 Å². The van der Waals surface area contributed by atoms with Crippen LogP contribution in [0.25, 0.3) is 0 Å². The highest BCUT2D eigenvalue weighted by Crippen LogP contribution is 2.24. The highest BCUT2D eigenvalue weighted by molar-refractivity contribution is 5.78. The number of carbonyl (C=O) groups excluding carboxylic acids is 1. The van der Waals surface area contributed by atoms with Crippen molar-refractivity contribution in [1.82, 2.24) is 5.32 Å². The molecule has 0 aromatic heterocycles. The molecular formula is C16H16FNO3. The second kappa shape index (κ2) is 6.74. The summed E-state index contributed by atoms with van der Waals surface area (Å²) >= 11 is 0. The summed E-state index contributed by atoms with van der Waals surface area (Å²) in [6, 6.07) is 10.3. The van der Waals surface area contributed by atoms with E-state index in [-0.39, 0.29) is 29.6 Å². The molecule has 1 amide bonds. The Bertz CT molecular complexity index is 626. The lowest BCUT2D eigenvalue weighted by atomic mass is 10.1. The zero-order valence-electron chi connectivity index (χ0n) is 11.3. The normalized spacial score (nSPS) is 10.3. The van der Waals surface area contributed by atoms with E-state index in [1.807, 2.05) is 0 Å². The average Bonchev–Trinajstić information content (AvgIpc) is 2.45. The highest BCUT2D eigenvalue weighted by Gasteiger charge is 2.04. The third kappa shape index (κ3) is 4.49. The maximum Gasteiger partial charge on any atom is 0.224 e. The van der Waals surface area contributed by atoms with Crippen molar-refractivity contribution in [3.05, 3.63) is 59.4 Å². The van der Waals surface area contributed by atoms with Crippen LogP contribution in [0, 0.1) is 5.82 Å². The molecule has 0 radical (unpaired) electrons. The minimum atomic E-state index is -0.328. The van der Waals surface area contributed by atoms with E-state index >= 15 is 0 Å². The summed E-state index contributed by atoms with van der Waals surface area (Å²) in [5, 5.41) is 21.3. The van der Waals surface area contributed by atoms with Gasteiger partial charge in [-0.2, -0.15) is 0 Å². The van der Waals surface area contributed by atoms with E-state index in [1.54, 1.807) is 18.2 Å². The first kappa shape index (κ1) is 14.8. The molecule has 2 aromatic rings. The maximum absolute atomic E-state index is 12.7. The van der Waals surface area contributed by atoms with Gasteiger partial charge in [-0.1, -0.05) is 18.2 Å². The van der Waals surface area contributed by atoms with Crippen LogP contribution in [0.15, 0.2) is 42.5 Å². The van der Waals surface area contributed by atoms with Gasteiger partial charge in [-0.25, -0.2) is 4.39 Å². The molecule has 0 aliphatic heterocycles. The zero-order chi connectivity index (χ0) is 15.2. The molecule has 0 fully saturated rings. The quantitative estimate of drug-likeness (QED) is 0.739. The van der Waals surface area contributed by atoms with E-state index in [9.17, 15) is 19.4 Å². The second-order valence-corrected chi connectivity index (χ2v) is 4.73. The maximum atomic E-state index is 12.7. The third-order valence-electron chi connectivity index (χ3n) is 3.05. The molecule has 0 saturated carbocycles. The number of amides is 1. The van der Waals surface area contributed by atoms with Gasteiger partial charge in [0.15, 0.2) is 11.5 Å². The Morgan fingerprint density at radius 1 is 1.00 bits per heavy atom. The number of halogens is 1. The van der Waals surface area contributed by atoms with Gasteiger partial charge in [-0.15, -0.1) is 0 Å². The molecule has 110 valence electrons. The molecular weight excluding hydrogens is 273 g/mol. The lowest BCUT2D eigenvalue weighted by Crippen LogP contribution is -2.27. The van der Waals surface area contributed by atoms with Crippen LogP contribution in [0.1, 0.15) is 11.1 Å². The van der Waals surface area contributed by atoms with Gasteiger partial charge < -0.3 is 15.5 Å². The molecule has 0 bridgehead atoms. The van der Waals surface area contributed by atoms with Crippen LogP contribution < -0.4 is 5.32 Å². The smallest absolute Gasteiger partial charge is 0.224 e. The molecule has 2 aromatic carbocycles. The lowest BCUT2D eigenvalue weighted by Gasteiger charge is -2.06. The van der Waals surface area contributed by atoms with Crippen molar-refractivity contribution in [1.29, 1.82) is 0 Å². The first-order valence-electron chi connectivity index (χ1n) is 6.56. The topological polar surface area (TPSA) is 69.6 Å². The van der Waals surface area contributed by atoms with Crippen LogP contribution in [0.5, 0.6) is 11.5 Å². The van der Waals surface area contributed by atoms with Crippen molar-refractivity contribution in [2.24, 2.45) is 0 Å². The second-order valence-electron chi connectivity index (χ2n) is 4.73. The molecule has 0 spiro atoms. The average molecular weight is 289 g/mol. The largest absolute Gasteiger partial charge is 0.504 e. The molecule has 0 heterocycles. The fourth-order valence-electron chi connectivity index (χ4n) is 1.92. The summed E-state index contributed by atoms with van der Waals surface area (Å²) in [6.45, 7) is 0.421. The Morgan fingerprint density at radius 2 is 1.67 bits per heavy atom. The number of hydrogen-bond acceptors (Lipinski definition) is 3. The SMILES string of the molecule is O=C(Cc1ccc(F)cc1)NCCc1ccc(O)c(O)c1. The van der Waals surface area contributed by atoms with Gasteiger partial charge in [0.2, 0.25) is 5.91 Å². The molecule has 21 heavy (non-hydrogen) atoms. The Kier molecular flexibility index (Phi) is 4.77. The summed E-state index contributed by atoms with van der Waals surface area (Å²) in [6.07, 6.45) is 0.740. The summed E-state index contributed by atoms with van der Waals surface area (Å²) in [5.74, 6) is -0.819. The fourth-order valence-corrected chi connectivity index (χ4v) is 1.92. The summed E-state index contributed by atoms with van der Waals surface area (Å²) < 4.78 is 12.7. The van der Waals surface area contributed by atoms with Gasteiger partial charge in [0.25, 0.3) is 0 Å². The molecule has 5 heteroatoms. The summed E-state index contributed by atoms with van der Waals surface area (Å²) in [4.78, 5) is 11.7. The number of nitrogens with one attached hydrogen (secondary N) is 1. The number of aromatic hydroxyl groups is 2. The van der Waals surface area contributed by atoms with Crippen molar-refractivity contribution in [3.63, 3.8) is 0 Å². The Morgan fingerprint density at radius 3 is 2.33 bits per heavy atom. The first-order chi connectivity index (χ1) is 10.0. The third-order valence-corrected chi connectivity index (χ3v) is 3.05. The Labute approximate surface area is 121 Å².